The molecule has 0 amide bonds. The van der Waals surface area contributed by atoms with Gasteiger partial charge in [-0.25, -0.2) is 0 Å². The fourth-order valence-corrected chi connectivity index (χ4v) is 3.17. The highest BCUT2D eigenvalue weighted by molar-refractivity contribution is 7.85. The fourth-order valence-electron chi connectivity index (χ4n) is 1.39. The average Bonchev–Trinajstić information content (AvgIpc) is 2.36. The summed E-state index contributed by atoms with van der Waals surface area (Å²) in [6.45, 7) is 2.30. The molecule has 0 spiro atoms. The maximum absolute atomic E-state index is 12.0. The minimum atomic E-state index is -1.10. The van der Waals surface area contributed by atoms with E-state index in [1.807, 2.05) is 0 Å². The van der Waals surface area contributed by atoms with Crippen molar-refractivity contribution in [3.8, 4) is 0 Å². The lowest BCUT2D eigenvalue weighted by molar-refractivity contribution is 0.199. The highest BCUT2D eigenvalue weighted by Gasteiger charge is 2.09. The van der Waals surface area contributed by atoms with Gasteiger partial charge in [0.1, 0.15) is 0 Å². The van der Waals surface area contributed by atoms with Crippen molar-refractivity contribution in [3.63, 3.8) is 0 Å². The third-order valence-electron chi connectivity index (χ3n) is 2.30. The van der Waals surface area contributed by atoms with E-state index in [0.29, 0.717) is 27.3 Å². The molecule has 0 heterocycles. The van der Waals surface area contributed by atoms with E-state index in [1.165, 1.54) is 0 Å². The van der Waals surface area contributed by atoms with Crippen LogP contribution < -0.4 is 5.32 Å². The molecule has 18 heavy (non-hydrogen) atoms. The van der Waals surface area contributed by atoms with Crippen molar-refractivity contribution in [2.75, 3.05) is 32.6 Å². The summed E-state index contributed by atoms with van der Waals surface area (Å²) in [5.74, 6) is 0.569. The molecule has 1 rings (SSSR count). The molecule has 1 aromatic rings. The van der Waals surface area contributed by atoms with E-state index in [-0.39, 0.29) is 0 Å². The van der Waals surface area contributed by atoms with Crippen molar-refractivity contribution in [1.82, 2.24) is 5.32 Å². The lowest BCUT2D eigenvalue weighted by atomic mass is 10.4. The third kappa shape index (κ3) is 5.67. The molecule has 0 radical (unpaired) electrons. The van der Waals surface area contributed by atoms with Crippen LogP contribution in [0.2, 0.25) is 10.0 Å². The van der Waals surface area contributed by atoms with Gasteiger partial charge in [-0.2, -0.15) is 0 Å². The van der Waals surface area contributed by atoms with Gasteiger partial charge < -0.3 is 10.1 Å². The van der Waals surface area contributed by atoms with Crippen LogP contribution in [0, 0.1) is 0 Å². The molecule has 0 aromatic heterocycles. The smallest absolute Gasteiger partial charge is 0.0589 e. The second kappa shape index (κ2) is 8.88. The predicted octanol–water partition coefficient (Wildman–Crippen LogP) is 2.73. The van der Waals surface area contributed by atoms with E-state index in [4.69, 9.17) is 27.9 Å². The first-order chi connectivity index (χ1) is 8.65. The molecule has 1 unspecified atom stereocenters. The van der Waals surface area contributed by atoms with Crippen LogP contribution in [0.3, 0.4) is 0 Å². The minimum absolute atomic E-state index is 0.505. The molecule has 0 fully saturated rings. The Morgan fingerprint density at radius 3 is 2.83 bits per heavy atom. The Balaban J connectivity index is 2.34. The number of ether oxygens (including phenoxy) is 1. The third-order valence-corrected chi connectivity index (χ3v) is 4.47. The van der Waals surface area contributed by atoms with Crippen LogP contribution in [0.4, 0.5) is 0 Å². The Hall–Kier alpha value is -0.130. The molecule has 0 aliphatic rings. The zero-order valence-electron chi connectivity index (χ0n) is 10.2. The molecule has 0 saturated carbocycles. The first kappa shape index (κ1) is 15.9. The summed E-state index contributed by atoms with van der Waals surface area (Å²) < 4.78 is 16.9. The minimum Gasteiger partial charge on any atom is -0.383 e. The van der Waals surface area contributed by atoms with Crippen LogP contribution in [0.15, 0.2) is 23.1 Å². The van der Waals surface area contributed by atoms with Crippen LogP contribution in [0.5, 0.6) is 0 Å². The van der Waals surface area contributed by atoms with Gasteiger partial charge >= 0.3 is 0 Å². The topological polar surface area (TPSA) is 38.3 Å². The molecule has 0 saturated heterocycles. The molecule has 0 bridgehead atoms. The Morgan fingerprint density at radius 1 is 1.33 bits per heavy atom. The SMILES string of the molecule is COCCNCCCS(=O)c1cc(Cl)ccc1Cl. The number of hydrogen-bond acceptors (Lipinski definition) is 3. The molecule has 3 nitrogen and oxygen atoms in total. The number of halogens is 2. The van der Waals surface area contributed by atoms with Gasteiger partial charge in [0.25, 0.3) is 0 Å². The fraction of sp³-hybridized carbons (Fsp3) is 0.500. The van der Waals surface area contributed by atoms with Gasteiger partial charge in [0.05, 0.1) is 27.3 Å². The standard InChI is InChI=1S/C12H17Cl2NO2S/c1-17-7-6-15-5-2-8-18(16)12-9-10(13)3-4-11(12)14/h3-4,9,15H,2,5-8H2,1H3. The molecule has 0 aliphatic heterocycles. The molecule has 1 atom stereocenters. The quantitative estimate of drug-likeness (QED) is 0.750. The lowest BCUT2D eigenvalue weighted by Gasteiger charge is -2.06. The maximum Gasteiger partial charge on any atom is 0.0589 e. The van der Waals surface area contributed by atoms with E-state index in [9.17, 15) is 4.21 Å². The van der Waals surface area contributed by atoms with E-state index < -0.39 is 10.8 Å². The van der Waals surface area contributed by atoms with Gasteiger partial charge in [0, 0.05) is 24.4 Å². The van der Waals surface area contributed by atoms with Crippen molar-refractivity contribution < 1.29 is 8.95 Å². The summed E-state index contributed by atoms with van der Waals surface area (Å²) in [7, 11) is 0.564. The summed E-state index contributed by atoms with van der Waals surface area (Å²) in [5, 5.41) is 4.26. The highest BCUT2D eigenvalue weighted by Crippen LogP contribution is 2.23. The predicted molar refractivity (Wildman–Crippen MR) is 77.1 cm³/mol. The largest absolute Gasteiger partial charge is 0.383 e. The molecule has 102 valence electrons. The molecule has 6 heteroatoms. The molecule has 0 aliphatic carbocycles. The zero-order chi connectivity index (χ0) is 13.4. The van der Waals surface area contributed by atoms with Crippen molar-refractivity contribution in [2.45, 2.75) is 11.3 Å². The summed E-state index contributed by atoms with van der Waals surface area (Å²) in [6.07, 6.45) is 0.819. The monoisotopic (exact) mass is 309 g/mol. The molecule has 1 N–H and O–H groups in total. The van der Waals surface area contributed by atoms with Crippen molar-refractivity contribution >= 4 is 34.0 Å². The number of rotatable bonds is 8. The Bertz CT molecular complexity index is 402. The normalized spacial score (nSPS) is 12.6. The molecular weight excluding hydrogens is 293 g/mol. The van der Waals surface area contributed by atoms with E-state index in [2.05, 4.69) is 5.32 Å². The number of hydrogen-bond donors (Lipinski definition) is 1. The van der Waals surface area contributed by atoms with Gasteiger partial charge in [-0.3, -0.25) is 4.21 Å². The number of nitrogens with one attached hydrogen (secondary N) is 1. The van der Waals surface area contributed by atoms with Crippen molar-refractivity contribution in [2.24, 2.45) is 0 Å². The molecule has 1 aromatic carbocycles. The van der Waals surface area contributed by atoms with E-state index in [0.717, 1.165) is 19.5 Å². The number of methoxy groups -OCH3 is 1. The second-order valence-corrected chi connectivity index (χ2v) is 6.10. The summed E-state index contributed by atoms with van der Waals surface area (Å²) >= 11 is 11.8. The van der Waals surface area contributed by atoms with Gasteiger partial charge in [-0.05, 0) is 31.2 Å². The lowest BCUT2D eigenvalue weighted by Crippen LogP contribution is -2.21. The Labute approximate surface area is 120 Å². The van der Waals surface area contributed by atoms with Crippen LogP contribution >= 0.6 is 23.2 Å². The van der Waals surface area contributed by atoms with Crippen LogP contribution in [-0.4, -0.2) is 36.8 Å². The highest BCUT2D eigenvalue weighted by atomic mass is 35.5. The second-order valence-electron chi connectivity index (χ2n) is 3.72. The zero-order valence-corrected chi connectivity index (χ0v) is 12.6. The Kier molecular flexibility index (Phi) is 7.86. The van der Waals surface area contributed by atoms with Crippen LogP contribution in [0.1, 0.15) is 6.42 Å². The summed E-state index contributed by atoms with van der Waals surface area (Å²) in [4.78, 5) is 0.612. The van der Waals surface area contributed by atoms with E-state index in [1.54, 1.807) is 25.3 Å². The average molecular weight is 310 g/mol. The van der Waals surface area contributed by atoms with Crippen LogP contribution in [0.25, 0.3) is 0 Å². The summed E-state index contributed by atoms with van der Waals surface area (Å²) in [5.41, 5.74) is 0. The number of benzene rings is 1. The van der Waals surface area contributed by atoms with E-state index >= 15 is 0 Å². The maximum atomic E-state index is 12.0. The Morgan fingerprint density at radius 2 is 2.11 bits per heavy atom. The van der Waals surface area contributed by atoms with Gasteiger partial charge in [-0.1, -0.05) is 23.2 Å². The summed E-state index contributed by atoms with van der Waals surface area (Å²) in [6, 6.07) is 5.03. The van der Waals surface area contributed by atoms with Crippen molar-refractivity contribution in [3.05, 3.63) is 28.2 Å². The van der Waals surface area contributed by atoms with Gasteiger partial charge in [0.15, 0.2) is 0 Å². The van der Waals surface area contributed by atoms with Gasteiger partial charge in [-0.15, -0.1) is 0 Å². The first-order valence-corrected chi connectivity index (χ1v) is 7.75. The first-order valence-electron chi connectivity index (χ1n) is 5.68. The molecular formula is C12H17Cl2NO2S. The van der Waals surface area contributed by atoms with Crippen LogP contribution in [-0.2, 0) is 15.5 Å². The van der Waals surface area contributed by atoms with Gasteiger partial charge in [0.2, 0.25) is 0 Å². The van der Waals surface area contributed by atoms with Crippen molar-refractivity contribution in [1.29, 1.82) is 0 Å².